The molecular formula is C16H21ClN2O3S. The van der Waals surface area contributed by atoms with E-state index >= 15 is 0 Å². The first kappa shape index (κ1) is 18.1. The number of ether oxygens (including phenoxy) is 1. The summed E-state index contributed by atoms with van der Waals surface area (Å²) >= 11 is 7.82. The molecule has 1 aliphatic heterocycles. The van der Waals surface area contributed by atoms with Crippen molar-refractivity contribution in [2.75, 3.05) is 17.7 Å². The summed E-state index contributed by atoms with van der Waals surface area (Å²) in [5, 5.41) is 9.96. The van der Waals surface area contributed by atoms with E-state index in [4.69, 9.17) is 16.3 Å². The van der Waals surface area contributed by atoms with Crippen molar-refractivity contribution in [3.63, 3.8) is 0 Å². The minimum absolute atomic E-state index is 0.163. The third-order valence-electron chi connectivity index (χ3n) is 3.54. The molecule has 0 aliphatic carbocycles. The number of rotatable bonds is 4. The topological polar surface area (TPSA) is 62.1 Å². The smallest absolute Gasteiger partial charge is 0.323 e. The van der Waals surface area contributed by atoms with Gasteiger partial charge in [-0.2, -0.15) is 0 Å². The predicted molar refractivity (Wildman–Crippen MR) is 94.8 cm³/mol. The van der Waals surface area contributed by atoms with Crippen LogP contribution >= 0.6 is 23.4 Å². The fraction of sp³-hybridized carbons (Fsp3) is 0.500. The molecule has 1 aliphatic rings. The Balaban J connectivity index is 2.71. The third kappa shape index (κ3) is 4.00. The Morgan fingerprint density at radius 3 is 2.78 bits per heavy atom. The van der Waals surface area contributed by atoms with Crippen LogP contribution < -0.4 is 4.90 Å². The maximum Gasteiger partial charge on any atom is 0.323 e. The zero-order valence-electron chi connectivity index (χ0n) is 13.7. The van der Waals surface area contributed by atoms with E-state index in [1.54, 1.807) is 4.90 Å². The minimum Gasteiger partial charge on any atom is -0.480 e. The van der Waals surface area contributed by atoms with E-state index in [0.717, 1.165) is 16.1 Å². The average Bonchev–Trinajstić information content (AvgIpc) is 2.48. The van der Waals surface area contributed by atoms with E-state index in [9.17, 15) is 9.90 Å². The summed E-state index contributed by atoms with van der Waals surface area (Å²) in [6.45, 7) is 5.89. The molecule has 0 saturated carbocycles. The monoisotopic (exact) mass is 356 g/mol. The van der Waals surface area contributed by atoms with Crippen molar-refractivity contribution in [2.45, 2.75) is 44.4 Å². The molecule has 0 saturated heterocycles. The lowest BCUT2D eigenvalue weighted by Crippen LogP contribution is -2.40. The van der Waals surface area contributed by atoms with Crippen molar-refractivity contribution in [1.82, 2.24) is 0 Å². The van der Waals surface area contributed by atoms with Gasteiger partial charge >= 0.3 is 5.97 Å². The molecule has 0 fully saturated rings. The Morgan fingerprint density at radius 2 is 2.22 bits per heavy atom. The van der Waals surface area contributed by atoms with Crippen LogP contribution in [0, 0.1) is 0 Å². The van der Waals surface area contributed by atoms with E-state index < -0.39 is 11.7 Å². The number of anilines is 1. The molecule has 5 nitrogen and oxygen atoms in total. The average molecular weight is 357 g/mol. The second-order valence-electron chi connectivity index (χ2n) is 5.69. The minimum atomic E-state index is -0.913. The lowest BCUT2D eigenvalue weighted by molar-refractivity contribution is -0.135. The van der Waals surface area contributed by atoms with Gasteiger partial charge in [-0.3, -0.25) is 4.79 Å². The van der Waals surface area contributed by atoms with Crippen molar-refractivity contribution in [2.24, 2.45) is 4.99 Å². The quantitative estimate of drug-likeness (QED) is 0.825. The maximum absolute atomic E-state index is 11.4. The molecule has 0 aromatic heterocycles. The molecule has 1 heterocycles. The van der Waals surface area contributed by atoms with Crippen LogP contribution in [-0.4, -0.2) is 35.4 Å². The molecule has 0 unspecified atom stereocenters. The van der Waals surface area contributed by atoms with E-state index in [2.05, 4.69) is 4.99 Å². The standard InChI is InChI=1S/C16H21ClN2O3S/c1-5-12-18-16(2,3)22-9-10-6-7-11(17)15(23-4)14(10)19(12)8-13(20)21/h6-7H,5,8-9H2,1-4H3,(H,20,21). The van der Waals surface area contributed by atoms with Crippen molar-refractivity contribution < 1.29 is 14.6 Å². The van der Waals surface area contributed by atoms with Gasteiger partial charge in [0.25, 0.3) is 0 Å². The van der Waals surface area contributed by atoms with Crippen molar-refractivity contribution in [1.29, 1.82) is 0 Å². The van der Waals surface area contributed by atoms with E-state index in [1.165, 1.54) is 11.8 Å². The van der Waals surface area contributed by atoms with Crippen molar-refractivity contribution in [3.05, 3.63) is 22.7 Å². The van der Waals surface area contributed by atoms with Gasteiger partial charge in [0.05, 0.1) is 17.3 Å². The molecule has 0 atom stereocenters. The van der Waals surface area contributed by atoms with Crippen LogP contribution in [0.1, 0.15) is 32.8 Å². The van der Waals surface area contributed by atoms with E-state index in [0.29, 0.717) is 23.9 Å². The molecule has 1 aromatic rings. The molecule has 23 heavy (non-hydrogen) atoms. The summed E-state index contributed by atoms with van der Waals surface area (Å²) in [4.78, 5) is 18.6. The fourth-order valence-electron chi connectivity index (χ4n) is 2.56. The van der Waals surface area contributed by atoms with E-state index in [1.807, 2.05) is 39.2 Å². The number of carbonyl (C=O) groups is 1. The molecule has 0 spiro atoms. The highest BCUT2D eigenvalue weighted by Crippen LogP contribution is 2.40. The Labute approximate surface area is 145 Å². The van der Waals surface area contributed by atoms with Crippen LogP contribution in [0.3, 0.4) is 0 Å². The largest absolute Gasteiger partial charge is 0.480 e. The highest BCUT2D eigenvalue weighted by molar-refractivity contribution is 7.98. The van der Waals surface area contributed by atoms with Gasteiger partial charge in [-0.1, -0.05) is 24.6 Å². The Kier molecular flexibility index (Phi) is 5.60. The van der Waals surface area contributed by atoms with Gasteiger partial charge in [-0.15, -0.1) is 11.8 Å². The third-order valence-corrected chi connectivity index (χ3v) is 4.79. The summed E-state index contributed by atoms with van der Waals surface area (Å²) in [6.07, 6.45) is 2.52. The normalized spacial score (nSPS) is 17.1. The van der Waals surface area contributed by atoms with Crippen LogP contribution in [0.5, 0.6) is 0 Å². The highest BCUT2D eigenvalue weighted by Gasteiger charge is 2.29. The number of fused-ring (bicyclic) bond motifs is 1. The molecule has 126 valence electrons. The Hall–Kier alpha value is -1.24. The van der Waals surface area contributed by atoms with Crippen LogP contribution in [0.2, 0.25) is 5.02 Å². The Bertz CT molecular complexity index is 646. The van der Waals surface area contributed by atoms with Gasteiger partial charge in [0, 0.05) is 16.9 Å². The summed E-state index contributed by atoms with van der Waals surface area (Å²) in [5.74, 6) is -0.237. The van der Waals surface area contributed by atoms with Gasteiger partial charge < -0.3 is 14.7 Å². The van der Waals surface area contributed by atoms with Crippen molar-refractivity contribution in [3.8, 4) is 0 Å². The number of carboxylic acid groups (broad SMARTS) is 1. The maximum atomic E-state index is 11.4. The molecule has 0 amide bonds. The zero-order chi connectivity index (χ0) is 17.2. The number of halogens is 1. The number of benzene rings is 1. The number of hydrogen-bond donors (Lipinski definition) is 1. The second kappa shape index (κ2) is 7.11. The Morgan fingerprint density at radius 1 is 1.52 bits per heavy atom. The van der Waals surface area contributed by atoms with Gasteiger partial charge in [0.15, 0.2) is 5.72 Å². The van der Waals surface area contributed by atoms with E-state index in [-0.39, 0.29) is 6.54 Å². The summed E-state index contributed by atoms with van der Waals surface area (Å²) in [6, 6.07) is 3.72. The molecular weight excluding hydrogens is 336 g/mol. The number of aliphatic carboxylic acids is 1. The molecule has 7 heteroatoms. The molecule has 1 N–H and O–H groups in total. The second-order valence-corrected chi connectivity index (χ2v) is 6.91. The van der Waals surface area contributed by atoms with Gasteiger partial charge in [-0.25, -0.2) is 4.99 Å². The van der Waals surface area contributed by atoms with Gasteiger partial charge in [-0.05, 0) is 26.2 Å². The number of carboxylic acids is 1. The number of thioether (sulfide) groups is 1. The molecule has 0 radical (unpaired) electrons. The summed E-state index contributed by atoms with van der Waals surface area (Å²) in [7, 11) is 0. The van der Waals surface area contributed by atoms with Crippen molar-refractivity contribution >= 4 is 40.9 Å². The lowest BCUT2D eigenvalue weighted by Gasteiger charge is -2.34. The van der Waals surface area contributed by atoms with Crippen LogP contribution in [0.25, 0.3) is 0 Å². The SMILES string of the molecule is CCC1=NC(C)(C)OCc2ccc(Cl)c(SC)c2N1CC(=O)O. The highest BCUT2D eigenvalue weighted by atomic mass is 35.5. The van der Waals surface area contributed by atoms with Crippen LogP contribution in [0.15, 0.2) is 22.0 Å². The van der Waals surface area contributed by atoms with Crippen LogP contribution in [-0.2, 0) is 16.1 Å². The summed E-state index contributed by atoms with van der Waals surface area (Å²) < 4.78 is 5.91. The van der Waals surface area contributed by atoms with Gasteiger partial charge in [0.1, 0.15) is 12.4 Å². The number of aliphatic imine (C=N–C) groups is 1. The zero-order valence-corrected chi connectivity index (χ0v) is 15.3. The fourth-order valence-corrected chi connectivity index (χ4v) is 3.64. The number of amidine groups is 1. The first-order chi connectivity index (χ1) is 10.8. The molecule has 2 rings (SSSR count). The van der Waals surface area contributed by atoms with Crippen LogP contribution in [0.4, 0.5) is 5.69 Å². The number of hydrogen-bond acceptors (Lipinski definition) is 5. The number of nitrogens with zero attached hydrogens (tertiary/aromatic N) is 2. The predicted octanol–water partition coefficient (Wildman–Crippen LogP) is 4.03. The first-order valence-electron chi connectivity index (χ1n) is 7.36. The molecule has 1 aromatic carbocycles. The first-order valence-corrected chi connectivity index (χ1v) is 8.96. The van der Waals surface area contributed by atoms with Gasteiger partial charge in [0.2, 0.25) is 0 Å². The lowest BCUT2D eigenvalue weighted by atomic mass is 10.1. The molecule has 0 bridgehead atoms. The summed E-state index contributed by atoms with van der Waals surface area (Å²) in [5.41, 5.74) is 0.983.